The molecule has 1 aromatic carbocycles. The second-order valence-corrected chi connectivity index (χ2v) is 5.78. The van der Waals surface area contributed by atoms with E-state index in [1.165, 1.54) is 32.4 Å². The van der Waals surface area contributed by atoms with Crippen molar-refractivity contribution in [2.24, 2.45) is 0 Å². The van der Waals surface area contributed by atoms with Crippen LogP contribution in [0, 0.1) is 0 Å². The summed E-state index contributed by atoms with van der Waals surface area (Å²) < 4.78 is 15.2. The van der Waals surface area contributed by atoms with E-state index in [2.05, 4.69) is 4.74 Å². The smallest absolute Gasteiger partial charge is 0.305 e. The second kappa shape index (κ2) is 8.53. The van der Waals surface area contributed by atoms with Crippen molar-refractivity contribution in [1.82, 2.24) is 0 Å². The quantitative estimate of drug-likeness (QED) is 0.555. The van der Waals surface area contributed by atoms with Crippen molar-refractivity contribution in [3.63, 3.8) is 0 Å². The fourth-order valence-corrected chi connectivity index (χ4v) is 2.60. The Morgan fingerprint density at radius 1 is 1.24 bits per heavy atom. The van der Waals surface area contributed by atoms with E-state index in [0.29, 0.717) is 37.2 Å². The molecule has 0 saturated heterocycles. The van der Waals surface area contributed by atoms with E-state index in [9.17, 15) is 19.8 Å². The first-order valence-corrected chi connectivity index (χ1v) is 8.03. The molecule has 0 aliphatic carbocycles. The van der Waals surface area contributed by atoms with Gasteiger partial charge < -0.3 is 24.1 Å². The SMILES string of the molecule is COC(=O)CCCC[C@@H](O)Cc1cc(=O)c2c(O)cc(OC)cc2o1. The summed E-state index contributed by atoms with van der Waals surface area (Å²) in [5.41, 5.74) is -0.175. The summed E-state index contributed by atoms with van der Waals surface area (Å²) in [6.07, 6.45) is 1.54. The Hall–Kier alpha value is -2.54. The van der Waals surface area contributed by atoms with Crippen molar-refractivity contribution in [3.8, 4) is 11.5 Å². The molecule has 0 aliphatic heterocycles. The van der Waals surface area contributed by atoms with Gasteiger partial charge in [-0.25, -0.2) is 0 Å². The fourth-order valence-electron chi connectivity index (χ4n) is 2.60. The lowest BCUT2D eigenvalue weighted by atomic mass is 10.1. The van der Waals surface area contributed by atoms with E-state index in [0.717, 1.165) is 0 Å². The summed E-state index contributed by atoms with van der Waals surface area (Å²) in [5.74, 6) is 0.209. The van der Waals surface area contributed by atoms with Crippen molar-refractivity contribution in [1.29, 1.82) is 0 Å². The van der Waals surface area contributed by atoms with Crippen LogP contribution < -0.4 is 10.2 Å². The third kappa shape index (κ3) is 4.96. The molecule has 2 rings (SSSR count). The lowest BCUT2D eigenvalue weighted by Crippen LogP contribution is -2.13. The summed E-state index contributed by atoms with van der Waals surface area (Å²) in [7, 11) is 2.78. The van der Waals surface area contributed by atoms with Gasteiger partial charge in [-0.3, -0.25) is 9.59 Å². The molecule has 7 nitrogen and oxygen atoms in total. The number of fused-ring (bicyclic) bond motifs is 1. The van der Waals surface area contributed by atoms with Gasteiger partial charge in [0.25, 0.3) is 0 Å². The number of phenols is 1. The third-order valence-electron chi connectivity index (χ3n) is 3.90. The fraction of sp³-hybridized carbons (Fsp3) is 0.444. The summed E-state index contributed by atoms with van der Waals surface area (Å²) in [4.78, 5) is 23.2. The predicted molar refractivity (Wildman–Crippen MR) is 90.9 cm³/mol. The molecule has 25 heavy (non-hydrogen) atoms. The number of rotatable bonds is 8. The van der Waals surface area contributed by atoms with Gasteiger partial charge in [0, 0.05) is 31.0 Å². The first-order chi connectivity index (χ1) is 11.9. The van der Waals surface area contributed by atoms with Gasteiger partial charge in [0.2, 0.25) is 0 Å². The molecule has 0 bridgehead atoms. The average Bonchev–Trinajstić information content (AvgIpc) is 2.57. The highest BCUT2D eigenvalue weighted by molar-refractivity contribution is 5.84. The zero-order valence-corrected chi connectivity index (χ0v) is 14.3. The predicted octanol–water partition coefficient (Wildman–Crippen LogP) is 2.14. The highest BCUT2D eigenvalue weighted by atomic mass is 16.5. The van der Waals surface area contributed by atoms with Crippen molar-refractivity contribution >= 4 is 16.9 Å². The van der Waals surface area contributed by atoms with Crippen LogP contribution in [0.5, 0.6) is 11.5 Å². The molecule has 0 amide bonds. The topological polar surface area (TPSA) is 106 Å². The Morgan fingerprint density at radius 3 is 2.68 bits per heavy atom. The van der Waals surface area contributed by atoms with Crippen LogP contribution >= 0.6 is 0 Å². The molecule has 0 fully saturated rings. The second-order valence-electron chi connectivity index (χ2n) is 5.78. The summed E-state index contributed by atoms with van der Waals surface area (Å²) in [6.45, 7) is 0. The molecule has 0 saturated carbocycles. The van der Waals surface area contributed by atoms with Crippen LogP contribution in [0.2, 0.25) is 0 Å². The number of esters is 1. The molecule has 0 unspecified atom stereocenters. The molecule has 0 radical (unpaired) electrons. The maximum absolute atomic E-state index is 12.2. The number of carbonyl (C=O) groups excluding carboxylic acids is 1. The molecule has 2 N–H and O–H groups in total. The zero-order chi connectivity index (χ0) is 18.4. The standard InChI is InChI=1S/C18H22O7/c1-23-12-8-14(20)18-15(21)9-13(25-16(18)10-12)7-11(19)5-3-4-6-17(22)24-2/h8-11,19-20H,3-7H2,1-2H3/t11-/m1/s1. The van der Waals surface area contributed by atoms with E-state index in [1.807, 2.05) is 0 Å². The minimum absolute atomic E-state index is 0.0807. The molecule has 1 atom stereocenters. The van der Waals surface area contributed by atoms with E-state index >= 15 is 0 Å². The van der Waals surface area contributed by atoms with Gasteiger partial charge in [-0.1, -0.05) is 6.42 Å². The number of aliphatic hydroxyl groups excluding tert-OH is 1. The molecule has 0 spiro atoms. The van der Waals surface area contributed by atoms with Gasteiger partial charge in [-0.2, -0.15) is 0 Å². The number of benzene rings is 1. The zero-order valence-electron chi connectivity index (χ0n) is 14.3. The van der Waals surface area contributed by atoms with E-state index in [-0.39, 0.29) is 34.5 Å². The van der Waals surface area contributed by atoms with Gasteiger partial charge in [-0.05, 0) is 12.8 Å². The first-order valence-electron chi connectivity index (χ1n) is 8.03. The Morgan fingerprint density at radius 2 is 2.00 bits per heavy atom. The number of hydrogen-bond acceptors (Lipinski definition) is 7. The lowest BCUT2D eigenvalue weighted by Gasteiger charge is -2.11. The number of unbranched alkanes of at least 4 members (excludes halogenated alkanes) is 1. The Balaban J connectivity index is 2.05. The number of carbonyl (C=O) groups is 1. The maximum atomic E-state index is 12.2. The normalized spacial score (nSPS) is 12.1. The van der Waals surface area contributed by atoms with Crippen LogP contribution in [0.1, 0.15) is 31.4 Å². The monoisotopic (exact) mass is 350 g/mol. The number of methoxy groups -OCH3 is 2. The number of ether oxygens (including phenoxy) is 2. The van der Waals surface area contributed by atoms with Crippen LogP contribution in [-0.2, 0) is 16.0 Å². The first kappa shape index (κ1) is 18.8. The van der Waals surface area contributed by atoms with Crippen molar-refractivity contribution in [2.75, 3.05) is 14.2 Å². The number of aliphatic hydroxyl groups is 1. The maximum Gasteiger partial charge on any atom is 0.305 e. The third-order valence-corrected chi connectivity index (χ3v) is 3.90. The molecule has 1 heterocycles. The molecular weight excluding hydrogens is 328 g/mol. The van der Waals surface area contributed by atoms with Crippen molar-refractivity contribution < 1.29 is 28.9 Å². The molecule has 136 valence electrons. The number of phenolic OH excluding ortho intramolecular Hbond substituents is 1. The highest BCUT2D eigenvalue weighted by Crippen LogP contribution is 2.28. The van der Waals surface area contributed by atoms with E-state index in [4.69, 9.17) is 9.15 Å². The van der Waals surface area contributed by atoms with Crippen molar-refractivity contribution in [3.05, 3.63) is 34.2 Å². The average molecular weight is 350 g/mol. The van der Waals surface area contributed by atoms with Gasteiger partial charge >= 0.3 is 5.97 Å². The van der Waals surface area contributed by atoms with Gasteiger partial charge in [0.05, 0.1) is 20.3 Å². The molecule has 0 aliphatic rings. The summed E-state index contributed by atoms with van der Waals surface area (Å²) in [5, 5.41) is 20.1. The van der Waals surface area contributed by atoms with Gasteiger partial charge in [0.15, 0.2) is 5.43 Å². The lowest BCUT2D eigenvalue weighted by molar-refractivity contribution is -0.140. The summed E-state index contributed by atoms with van der Waals surface area (Å²) >= 11 is 0. The van der Waals surface area contributed by atoms with Gasteiger partial charge in [0.1, 0.15) is 28.2 Å². The molecule has 2 aromatic rings. The van der Waals surface area contributed by atoms with Crippen LogP contribution in [-0.4, -0.2) is 36.5 Å². The van der Waals surface area contributed by atoms with Crippen LogP contribution in [0.3, 0.4) is 0 Å². The highest BCUT2D eigenvalue weighted by Gasteiger charge is 2.14. The molecular formula is C18H22O7. The van der Waals surface area contributed by atoms with Gasteiger partial charge in [-0.15, -0.1) is 0 Å². The van der Waals surface area contributed by atoms with Crippen LogP contribution in [0.25, 0.3) is 11.0 Å². The Bertz CT molecular complexity index is 794. The number of aromatic hydroxyl groups is 1. The van der Waals surface area contributed by atoms with Crippen LogP contribution in [0.4, 0.5) is 0 Å². The van der Waals surface area contributed by atoms with Crippen LogP contribution in [0.15, 0.2) is 27.4 Å². The van der Waals surface area contributed by atoms with Crippen molar-refractivity contribution in [2.45, 2.75) is 38.2 Å². The van der Waals surface area contributed by atoms with E-state index in [1.54, 1.807) is 0 Å². The minimum atomic E-state index is -0.697. The number of hydrogen-bond donors (Lipinski definition) is 2. The summed E-state index contributed by atoms with van der Waals surface area (Å²) in [6, 6.07) is 4.13. The minimum Gasteiger partial charge on any atom is -0.507 e. The largest absolute Gasteiger partial charge is 0.507 e. The molecule has 7 heteroatoms. The van der Waals surface area contributed by atoms with E-state index < -0.39 is 6.10 Å². The Kier molecular flexibility index (Phi) is 6.41. The molecule has 1 aromatic heterocycles. The Labute approximate surface area is 144 Å².